The molecule has 0 radical (unpaired) electrons. The van der Waals surface area contributed by atoms with Crippen molar-refractivity contribution in [3.8, 4) is 11.5 Å². The quantitative estimate of drug-likeness (QED) is 0.845. The van der Waals surface area contributed by atoms with E-state index in [1.807, 2.05) is 24.3 Å². The zero-order valence-corrected chi connectivity index (χ0v) is 13.6. The summed E-state index contributed by atoms with van der Waals surface area (Å²) in [5, 5.41) is 9.17. The van der Waals surface area contributed by atoms with E-state index in [0.717, 1.165) is 5.56 Å². The van der Waals surface area contributed by atoms with Crippen LogP contribution < -0.4 is 9.47 Å². The van der Waals surface area contributed by atoms with Crippen LogP contribution in [-0.4, -0.2) is 30.1 Å². The van der Waals surface area contributed by atoms with Gasteiger partial charge in [0.15, 0.2) is 17.3 Å². The first-order chi connectivity index (χ1) is 12.0. The van der Waals surface area contributed by atoms with Gasteiger partial charge in [0.1, 0.15) is 19.0 Å². The number of benzene rings is 1. The SMILES string of the molecule is Cc1c(C(=O)O)oc2c1C(=O)/C(=C\c1ccc3c(c1)OCCO3)CC2. The van der Waals surface area contributed by atoms with E-state index in [-0.39, 0.29) is 11.5 Å². The van der Waals surface area contributed by atoms with Crippen LogP contribution >= 0.6 is 0 Å². The van der Waals surface area contributed by atoms with Gasteiger partial charge < -0.3 is 19.0 Å². The van der Waals surface area contributed by atoms with Crippen molar-refractivity contribution in [1.29, 1.82) is 0 Å². The van der Waals surface area contributed by atoms with Crippen molar-refractivity contribution < 1.29 is 28.6 Å². The molecule has 0 atom stereocenters. The predicted octanol–water partition coefficient (Wildman–Crippen LogP) is 3.27. The first kappa shape index (κ1) is 15.5. The number of hydrogen-bond acceptors (Lipinski definition) is 5. The van der Waals surface area contributed by atoms with Crippen LogP contribution in [0.1, 0.15) is 44.2 Å². The van der Waals surface area contributed by atoms with E-state index in [0.29, 0.717) is 60.0 Å². The number of ketones is 1. The Hall–Kier alpha value is -3.02. The maximum absolute atomic E-state index is 12.8. The number of aromatic carboxylic acids is 1. The second-order valence-corrected chi connectivity index (χ2v) is 6.06. The van der Waals surface area contributed by atoms with Crippen LogP contribution in [0.3, 0.4) is 0 Å². The molecule has 1 aliphatic carbocycles. The lowest BCUT2D eigenvalue weighted by Crippen LogP contribution is -2.15. The Morgan fingerprint density at radius 1 is 1.16 bits per heavy atom. The predicted molar refractivity (Wildman–Crippen MR) is 88.5 cm³/mol. The van der Waals surface area contributed by atoms with Crippen molar-refractivity contribution in [1.82, 2.24) is 0 Å². The van der Waals surface area contributed by atoms with Crippen molar-refractivity contribution in [2.45, 2.75) is 19.8 Å². The van der Waals surface area contributed by atoms with Crippen LogP contribution in [0, 0.1) is 6.92 Å². The Morgan fingerprint density at radius 2 is 1.92 bits per heavy atom. The van der Waals surface area contributed by atoms with Crippen molar-refractivity contribution >= 4 is 17.8 Å². The van der Waals surface area contributed by atoms with Gasteiger partial charge in [-0.3, -0.25) is 4.79 Å². The Kier molecular flexibility index (Phi) is 3.60. The molecule has 1 aliphatic heterocycles. The number of rotatable bonds is 2. The molecule has 2 aromatic rings. The Balaban J connectivity index is 1.70. The van der Waals surface area contributed by atoms with Crippen molar-refractivity contribution in [3.63, 3.8) is 0 Å². The van der Waals surface area contributed by atoms with Gasteiger partial charge in [-0.1, -0.05) is 6.07 Å². The number of hydrogen-bond donors (Lipinski definition) is 1. The molecule has 1 N–H and O–H groups in total. The van der Waals surface area contributed by atoms with Crippen LogP contribution in [-0.2, 0) is 6.42 Å². The van der Waals surface area contributed by atoms with Crippen LogP contribution in [0.25, 0.3) is 6.08 Å². The largest absolute Gasteiger partial charge is 0.486 e. The Labute approximate surface area is 143 Å². The third-order valence-electron chi connectivity index (χ3n) is 4.46. The average Bonchev–Trinajstić information content (AvgIpc) is 2.95. The molecule has 0 fully saturated rings. The van der Waals surface area contributed by atoms with E-state index in [2.05, 4.69) is 0 Å². The number of Topliss-reactive ketones (excluding diaryl/α,β-unsaturated/α-hetero) is 1. The van der Waals surface area contributed by atoms with E-state index in [1.165, 1.54) is 0 Å². The summed E-state index contributed by atoms with van der Waals surface area (Å²) in [6.07, 6.45) is 2.83. The topological polar surface area (TPSA) is 86.0 Å². The molecule has 2 heterocycles. The number of fused-ring (bicyclic) bond motifs is 2. The standard InChI is InChI=1S/C19H16O6/c1-10-16-14(25-18(10)19(21)22)5-3-12(17(16)20)8-11-2-4-13-15(9-11)24-7-6-23-13/h2,4,8-9H,3,5-7H2,1H3,(H,21,22)/b12-8-. The van der Waals surface area contributed by atoms with Gasteiger partial charge in [0.2, 0.25) is 5.76 Å². The number of carboxylic acids is 1. The summed E-state index contributed by atoms with van der Waals surface area (Å²) in [7, 11) is 0. The molecule has 128 valence electrons. The van der Waals surface area contributed by atoms with Crippen LogP contribution in [0.2, 0.25) is 0 Å². The van der Waals surface area contributed by atoms with Gasteiger partial charge >= 0.3 is 5.97 Å². The molecule has 6 heteroatoms. The second-order valence-electron chi connectivity index (χ2n) is 6.06. The fourth-order valence-corrected chi connectivity index (χ4v) is 3.26. The van der Waals surface area contributed by atoms with Gasteiger partial charge in [-0.05, 0) is 37.1 Å². The molecule has 1 aromatic heterocycles. The zero-order valence-electron chi connectivity index (χ0n) is 13.6. The molecule has 0 saturated heterocycles. The lowest BCUT2D eigenvalue weighted by atomic mass is 9.88. The fourth-order valence-electron chi connectivity index (χ4n) is 3.26. The summed E-state index contributed by atoms with van der Waals surface area (Å²) in [6, 6.07) is 5.54. The summed E-state index contributed by atoms with van der Waals surface area (Å²) in [6.45, 7) is 2.64. The minimum atomic E-state index is -1.16. The number of ether oxygens (including phenoxy) is 2. The molecule has 4 rings (SSSR count). The highest BCUT2D eigenvalue weighted by molar-refractivity contribution is 6.14. The number of aryl methyl sites for hydroxylation is 1. The number of carbonyl (C=O) groups excluding carboxylic acids is 1. The number of allylic oxidation sites excluding steroid dienone is 1. The highest BCUT2D eigenvalue weighted by Crippen LogP contribution is 2.35. The second kappa shape index (κ2) is 5.81. The molecule has 0 amide bonds. The van der Waals surface area contributed by atoms with Crippen LogP contribution in [0.4, 0.5) is 0 Å². The molecule has 0 unspecified atom stereocenters. The molecule has 0 bridgehead atoms. The minimum absolute atomic E-state index is 0.154. The third-order valence-corrected chi connectivity index (χ3v) is 4.46. The van der Waals surface area contributed by atoms with Gasteiger partial charge in [-0.15, -0.1) is 0 Å². The molecule has 0 spiro atoms. The van der Waals surface area contributed by atoms with Crippen molar-refractivity contribution in [3.05, 3.63) is 52.0 Å². The average molecular weight is 340 g/mol. The van der Waals surface area contributed by atoms with Crippen molar-refractivity contribution in [2.24, 2.45) is 0 Å². The summed E-state index contributed by atoms with van der Waals surface area (Å²) < 4.78 is 16.4. The fraction of sp³-hybridized carbons (Fsp3) is 0.263. The van der Waals surface area contributed by atoms with Gasteiger partial charge in [0.25, 0.3) is 0 Å². The van der Waals surface area contributed by atoms with Gasteiger partial charge in [-0.2, -0.15) is 0 Å². The van der Waals surface area contributed by atoms with Crippen molar-refractivity contribution in [2.75, 3.05) is 13.2 Å². The first-order valence-corrected chi connectivity index (χ1v) is 8.05. The monoisotopic (exact) mass is 340 g/mol. The first-order valence-electron chi connectivity index (χ1n) is 8.05. The molecule has 0 saturated carbocycles. The van der Waals surface area contributed by atoms with E-state index in [4.69, 9.17) is 19.0 Å². The lowest BCUT2D eigenvalue weighted by Gasteiger charge is -2.19. The minimum Gasteiger partial charge on any atom is -0.486 e. The number of furan rings is 1. The summed E-state index contributed by atoms with van der Waals surface area (Å²) in [5.41, 5.74) is 2.24. The van der Waals surface area contributed by atoms with E-state index in [1.54, 1.807) is 6.92 Å². The third kappa shape index (κ3) is 2.59. The zero-order chi connectivity index (χ0) is 17.6. The Bertz CT molecular complexity index is 918. The lowest BCUT2D eigenvalue weighted by molar-refractivity contribution is 0.0659. The summed E-state index contributed by atoms with van der Waals surface area (Å²) >= 11 is 0. The molecule has 6 nitrogen and oxygen atoms in total. The molecule has 25 heavy (non-hydrogen) atoms. The molecule has 2 aliphatic rings. The van der Waals surface area contributed by atoms with Gasteiger partial charge in [-0.25, -0.2) is 4.79 Å². The number of carboxylic acid groups (broad SMARTS) is 1. The number of carbonyl (C=O) groups is 2. The van der Waals surface area contributed by atoms with E-state index in [9.17, 15) is 9.59 Å². The van der Waals surface area contributed by atoms with E-state index < -0.39 is 5.97 Å². The normalized spacial score (nSPS) is 17.5. The highest BCUT2D eigenvalue weighted by Gasteiger charge is 2.31. The van der Waals surface area contributed by atoms with Gasteiger partial charge in [0.05, 0.1) is 5.56 Å². The Morgan fingerprint density at radius 3 is 2.68 bits per heavy atom. The van der Waals surface area contributed by atoms with Gasteiger partial charge in [0, 0.05) is 17.6 Å². The van der Waals surface area contributed by atoms with E-state index >= 15 is 0 Å². The maximum atomic E-state index is 12.8. The highest BCUT2D eigenvalue weighted by atomic mass is 16.6. The smallest absolute Gasteiger partial charge is 0.372 e. The molecule has 1 aromatic carbocycles. The molecular weight excluding hydrogens is 324 g/mol. The van der Waals surface area contributed by atoms with Crippen LogP contribution in [0.15, 0.2) is 28.2 Å². The summed E-state index contributed by atoms with van der Waals surface area (Å²) in [4.78, 5) is 24.0. The molecular formula is C19H16O6. The maximum Gasteiger partial charge on any atom is 0.372 e. The van der Waals surface area contributed by atoms with Crippen LogP contribution in [0.5, 0.6) is 11.5 Å². The summed E-state index contributed by atoms with van der Waals surface area (Å²) in [5.74, 6) is 0.333.